The molecule has 2 N–H and O–H groups in total. The van der Waals surface area contributed by atoms with Crippen LogP contribution in [0, 0.1) is 23.2 Å². The summed E-state index contributed by atoms with van der Waals surface area (Å²) in [7, 11) is 1.29. The van der Waals surface area contributed by atoms with Gasteiger partial charge in [-0.1, -0.05) is 11.8 Å². The number of nitrogens with two attached hydrogens (primary N) is 1. The summed E-state index contributed by atoms with van der Waals surface area (Å²) in [6.07, 6.45) is 1.45. The Kier molecular flexibility index (Phi) is 3.88. The molecule has 80 valence electrons. The molecule has 0 aromatic carbocycles. The lowest BCUT2D eigenvalue weighted by Crippen LogP contribution is -1.97. The molecule has 0 radical (unpaired) electrons. The first-order valence-electron chi connectivity index (χ1n) is 4.38. The van der Waals surface area contributed by atoms with Gasteiger partial charge in [-0.25, -0.2) is 4.98 Å². The summed E-state index contributed by atoms with van der Waals surface area (Å²) in [5.74, 6) is 5.06. The third-order valence-corrected chi connectivity index (χ3v) is 1.73. The number of esters is 1. The molecule has 5 heteroatoms. The maximum Gasteiger partial charge on any atom is 0.317 e. The van der Waals surface area contributed by atoms with Gasteiger partial charge in [-0.05, 0) is 6.07 Å². The SMILES string of the molecule is COC(=O)CC#Cc1cnc(N)c(C#N)c1. The van der Waals surface area contributed by atoms with Gasteiger partial charge >= 0.3 is 5.97 Å². The van der Waals surface area contributed by atoms with Gasteiger partial charge in [-0.3, -0.25) is 4.79 Å². The molecule has 0 fully saturated rings. The highest BCUT2D eigenvalue weighted by molar-refractivity contribution is 5.72. The molecule has 1 aromatic heterocycles. The summed E-state index contributed by atoms with van der Waals surface area (Å²) < 4.78 is 4.42. The Morgan fingerprint density at radius 1 is 1.69 bits per heavy atom. The first kappa shape index (κ1) is 11.5. The van der Waals surface area contributed by atoms with E-state index in [0.29, 0.717) is 5.56 Å². The Balaban J connectivity index is 2.83. The Morgan fingerprint density at radius 2 is 2.44 bits per heavy atom. The lowest BCUT2D eigenvalue weighted by Gasteiger charge is -1.95. The smallest absolute Gasteiger partial charge is 0.317 e. The van der Waals surface area contributed by atoms with Crippen molar-refractivity contribution in [1.82, 2.24) is 4.98 Å². The fraction of sp³-hybridized carbons (Fsp3) is 0.182. The zero-order valence-corrected chi connectivity index (χ0v) is 8.65. The minimum atomic E-state index is -0.406. The molecule has 0 atom stereocenters. The Hall–Kier alpha value is -2.53. The van der Waals surface area contributed by atoms with Crippen LogP contribution in [0.5, 0.6) is 0 Å². The number of nitriles is 1. The second-order valence-corrected chi connectivity index (χ2v) is 2.82. The van der Waals surface area contributed by atoms with Crippen molar-refractivity contribution in [2.75, 3.05) is 12.8 Å². The van der Waals surface area contributed by atoms with Gasteiger partial charge in [-0.2, -0.15) is 5.26 Å². The van der Waals surface area contributed by atoms with E-state index in [4.69, 9.17) is 11.0 Å². The quantitative estimate of drug-likeness (QED) is 0.542. The minimum Gasteiger partial charge on any atom is -0.468 e. The summed E-state index contributed by atoms with van der Waals surface area (Å²) in [6, 6.07) is 3.42. The number of hydrogen-bond donors (Lipinski definition) is 1. The zero-order chi connectivity index (χ0) is 12.0. The molecule has 0 saturated heterocycles. The number of carbonyl (C=O) groups is 1. The van der Waals surface area contributed by atoms with E-state index >= 15 is 0 Å². The molecule has 5 nitrogen and oxygen atoms in total. The molecular weight excluding hydrogens is 206 g/mol. The van der Waals surface area contributed by atoms with E-state index in [9.17, 15) is 4.79 Å². The van der Waals surface area contributed by atoms with Crippen LogP contribution in [0.2, 0.25) is 0 Å². The lowest BCUT2D eigenvalue weighted by atomic mass is 10.2. The number of anilines is 1. The number of pyridine rings is 1. The third kappa shape index (κ3) is 3.00. The molecule has 0 aliphatic carbocycles. The van der Waals surface area contributed by atoms with Crippen molar-refractivity contribution < 1.29 is 9.53 Å². The predicted molar refractivity (Wildman–Crippen MR) is 56.9 cm³/mol. The fourth-order valence-corrected chi connectivity index (χ4v) is 0.924. The number of ether oxygens (including phenoxy) is 1. The molecule has 1 aromatic rings. The van der Waals surface area contributed by atoms with Crippen molar-refractivity contribution >= 4 is 11.8 Å². The Morgan fingerprint density at radius 3 is 3.06 bits per heavy atom. The van der Waals surface area contributed by atoms with E-state index in [2.05, 4.69) is 21.6 Å². The molecular formula is C11H9N3O2. The number of hydrogen-bond acceptors (Lipinski definition) is 5. The van der Waals surface area contributed by atoms with Crippen LogP contribution in [0.1, 0.15) is 17.5 Å². The number of nitrogens with zero attached hydrogens (tertiary/aromatic N) is 2. The van der Waals surface area contributed by atoms with E-state index in [1.165, 1.54) is 19.4 Å². The summed E-state index contributed by atoms with van der Waals surface area (Å²) >= 11 is 0. The van der Waals surface area contributed by atoms with Gasteiger partial charge in [-0.15, -0.1) is 0 Å². The maximum atomic E-state index is 10.8. The summed E-state index contributed by atoms with van der Waals surface area (Å²) in [6.45, 7) is 0. The van der Waals surface area contributed by atoms with Crippen LogP contribution in [0.3, 0.4) is 0 Å². The molecule has 0 saturated carbocycles. The van der Waals surface area contributed by atoms with Gasteiger partial charge in [0.15, 0.2) is 0 Å². The standard InChI is InChI=1S/C11H9N3O2/c1-16-10(15)4-2-3-8-5-9(6-12)11(13)14-7-8/h5,7H,4H2,1H3,(H2,13,14). The van der Waals surface area contributed by atoms with Crippen LogP contribution in [0.15, 0.2) is 12.3 Å². The second kappa shape index (κ2) is 5.38. The van der Waals surface area contributed by atoms with Crippen LogP contribution < -0.4 is 5.73 Å². The molecule has 1 rings (SSSR count). The highest BCUT2D eigenvalue weighted by Crippen LogP contribution is 2.08. The van der Waals surface area contributed by atoms with Crippen LogP contribution in [0.4, 0.5) is 5.82 Å². The number of rotatable bonds is 1. The average Bonchev–Trinajstić information content (AvgIpc) is 2.31. The number of methoxy groups -OCH3 is 1. The van der Waals surface area contributed by atoms with E-state index in [-0.39, 0.29) is 17.8 Å². The molecule has 0 spiro atoms. The second-order valence-electron chi connectivity index (χ2n) is 2.82. The first-order chi connectivity index (χ1) is 7.67. The largest absolute Gasteiger partial charge is 0.468 e. The molecule has 0 unspecified atom stereocenters. The molecule has 0 amide bonds. The van der Waals surface area contributed by atoms with Crippen molar-refractivity contribution in [3.8, 4) is 17.9 Å². The Bertz CT molecular complexity index is 506. The molecule has 16 heavy (non-hydrogen) atoms. The van der Waals surface area contributed by atoms with Gasteiger partial charge < -0.3 is 10.5 Å². The van der Waals surface area contributed by atoms with Crippen LogP contribution in [-0.4, -0.2) is 18.1 Å². The van der Waals surface area contributed by atoms with Crippen LogP contribution in [0.25, 0.3) is 0 Å². The summed E-state index contributed by atoms with van der Waals surface area (Å²) in [5.41, 5.74) is 6.25. The third-order valence-electron chi connectivity index (χ3n) is 1.73. The van der Waals surface area contributed by atoms with E-state index < -0.39 is 5.97 Å². The van der Waals surface area contributed by atoms with Gasteiger partial charge in [0.05, 0.1) is 12.7 Å². The molecule has 0 aliphatic rings. The summed E-state index contributed by atoms with van der Waals surface area (Å²) in [4.78, 5) is 14.6. The molecule has 1 heterocycles. The number of aromatic nitrogens is 1. The van der Waals surface area contributed by atoms with Gasteiger partial charge in [0, 0.05) is 11.8 Å². The number of nitrogen functional groups attached to an aromatic ring is 1. The van der Waals surface area contributed by atoms with Crippen molar-refractivity contribution in [3.05, 3.63) is 23.4 Å². The van der Waals surface area contributed by atoms with E-state index in [0.717, 1.165) is 0 Å². The molecule has 0 bridgehead atoms. The van der Waals surface area contributed by atoms with E-state index in [1.807, 2.05) is 6.07 Å². The Labute approximate surface area is 92.8 Å². The highest BCUT2D eigenvalue weighted by atomic mass is 16.5. The van der Waals surface area contributed by atoms with Crippen molar-refractivity contribution in [1.29, 1.82) is 5.26 Å². The molecule has 0 aliphatic heterocycles. The minimum absolute atomic E-state index is 0.00274. The topological polar surface area (TPSA) is 89.0 Å². The lowest BCUT2D eigenvalue weighted by molar-refractivity contribution is -0.139. The predicted octanol–water partition coefficient (Wildman–Crippen LogP) is 0.450. The first-order valence-corrected chi connectivity index (χ1v) is 4.38. The highest BCUT2D eigenvalue weighted by Gasteiger charge is 1.99. The van der Waals surface area contributed by atoms with Crippen molar-refractivity contribution in [2.24, 2.45) is 0 Å². The van der Waals surface area contributed by atoms with Gasteiger partial charge in [0.25, 0.3) is 0 Å². The number of carbonyl (C=O) groups excluding carboxylic acids is 1. The summed E-state index contributed by atoms with van der Waals surface area (Å²) in [5, 5.41) is 8.70. The average molecular weight is 215 g/mol. The zero-order valence-electron chi connectivity index (χ0n) is 8.65. The van der Waals surface area contributed by atoms with Crippen LogP contribution in [-0.2, 0) is 9.53 Å². The monoisotopic (exact) mass is 215 g/mol. The van der Waals surface area contributed by atoms with Crippen molar-refractivity contribution in [2.45, 2.75) is 6.42 Å². The maximum absolute atomic E-state index is 10.8. The normalized spacial score (nSPS) is 8.50. The van der Waals surface area contributed by atoms with Crippen LogP contribution >= 0.6 is 0 Å². The van der Waals surface area contributed by atoms with Gasteiger partial charge in [0.2, 0.25) is 0 Å². The van der Waals surface area contributed by atoms with E-state index in [1.54, 1.807) is 0 Å². The van der Waals surface area contributed by atoms with Crippen molar-refractivity contribution in [3.63, 3.8) is 0 Å². The van der Waals surface area contributed by atoms with Gasteiger partial charge in [0.1, 0.15) is 18.3 Å². The fourth-order valence-electron chi connectivity index (χ4n) is 0.924.